The van der Waals surface area contributed by atoms with E-state index in [0.29, 0.717) is 16.2 Å². The third kappa shape index (κ3) is 4.82. The fourth-order valence-corrected chi connectivity index (χ4v) is 3.82. The summed E-state index contributed by atoms with van der Waals surface area (Å²) in [5.74, 6) is 0.0935. The number of imide groups is 1. The number of thioether (sulfide) groups is 1. The SMILES string of the molecule is COc1ccc(/C=C2\SC(=O)N(CCNC(=O)c3cccc(Br)c3)C2=O)cc1. The van der Waals surface area contributed by atoms with Crippen molar-refractivity contribution in [3.63, 3.8) is 0 Å². The van der Waals surface area contributed by atoms with Crippen LogP contribution in [-0.2, 0) is 4.79 Å². The lowest BCUT2D eigenvalue weighted by molar-refractivity contribution is -0.122. The van der Waals surface area contributed by atoms with E-state index in [2.05, 4.69) is 21.2 Å². The minimum atomic E-state index is -0.359. The van der Waals surface area contributed by atoms with Gasteiger partial charge in [-0.05, 0) is 53.7 Å². The summed E-state index contributed by atoms with van der Waals surface area (Å²) in [7, 11) is 1.58. The minimum absolute atomic E-state index is 0.115. The molecule has 1 N–H and O–H groups in total. The largest absolute Gasteiger partial charge is 0.497 e. The molecule has 1 saturated heterocycles. The molecule has 1 aliphatic heterocycles. The Morgan fingerprint density at radius 2 is 1.96 bits per heavy atom. The van der Waals surface area contributed by atoms with Crippen molar-refractivity contribution >= 4 is 50.8 Å². The molecule has 0 aliphatic carbocycles. The molecule has 0 bridgehead atoms. The zero-order valence-electron chi connectivity index (χ0n) is 15.0. The van der Waals surface area contributed by atoms with E-state index in [9.17, 15) is 14.4 Å². The number of rotatable bonds is 6. The van der Waals surface area contributed by atoms with Crippen LogP contribution in [0.1, 0.15) is 15.9 Å². The van der Waals surface area contributed by atoms with Crippen molar-refractivity contribution in [3.8, 4) is 5.75 Å². The highest BCUT2D eigenvalue weighted by molar-refractivity contribution is 9.10. The summed E-state index contributed by atoms with van der Waals surface area (Å²) in [5, 5.41) is 2.38. The standard InChI is InChI=1S/C20H17BrN2O4S/c1-27-16-7-5-13(6-8-16)11-17-19(25)23(20(26)28-17)10-9-22-18(24)14-3-2-4-15(21)12-14/h2-8,11-12H,9-10H2,1H3,(H,22,24)/b17-11-. The van der Waals surface area contributed by atoms with E-state index in [1.165, 1.54) is 0 Å². The molecule has 0 aromatic heterocycles. The number of benzene rings is 2. The number of ether oxygens (including phenoxy) is 1. The molecule has 2 aromatic rings. The van der Waals surface area contributed by atoms with Gasteiger partial charge in [-0.25, -0.2) is 0 Å². The van der Waals surface area contributed by atoms with E-state index >= 15 is 0 Å². The molecule has 1 aliphatic rings. The van der Waals surface area contributed by atoms with Gasteiger partial charge in [0.25, 0.3) is 17.1 Å². The van der Waals surface area contributed by atoms with Crippen LogP contribution in [0.5, 0.6) is 5.75 Å². The number of nitrogens with one attached hydrogen (secondary N) is 1. The van der Waals surface area contributed by atoms with Crippen LogP contribution in [0.2, 0.25) is 0 Å². The zero-order valence-corrected chi connectivity index (χ0v) is 17.4. The molecule has 0 unspecified atom stereocenters. The van der Waals surface area contributed by atoms with Crippen LogP contribution in [-0.4, -0.2) is 42.2 Å². The molecule has 3 rings (SSSR count). The molecule has 6 nitrogen and oxygen atoms in total. The number of carbonyl (C=O) groups excluding carboxylic acids is 3. The van der Waals surface area contributed by atoms with Gasteiger partial charge in [-0.3, -0.25) is 19.3 Å². The van der Waals surface area contributed by atoms with Crippen molar-refractivity contribution in [2.45, 2.75) is 0 Å². The summed E-state index contributed by atoms with van der Waals surface area (Å²) in [4.78, 5) is 38.3. The van der Waals surface area contributed by atoms with Gasteiger partial charge in [-0.1, -0.05) is 34.1 Å². The van der Waals surface area contributed by atoms with Crippen molar-refractivity contribution in [1.82, 2.24) is 10.2 Å². The molecule has 0 spiro atoms. The van der Waals surface area contributed by atoms with E-state index in [-0.39, 0.29) is 30.1 Å². The molecular formula is C20H17BrN2O4S. The van der Waals surface area contributed by atoms with Crippen LogP contribution < -0.4 is 10.1 Å². The van der Waals surface area contributed by atoms with Crippen molar-refractivity contribution in [3.05, 3.63) is 69.0 Å². The van der Waals surface area contributed by atoms with E-state index in [1.54, 1.807) is 43.5 Å². The van der Waals surface area contributed by atoms with Crippen LogP contribution in [0.25, 0.3) is 6.08 Å². The number of carbonyl (C=O) groups is 3. The monoisotopic (exact) mass is 460 g/mol. The Balaban J connectivity index is 1.59. The fourth-order valence-electron chi connectivity index (χ4n) is 2.56. The Hall–Kier alpha value is -2.58. The van der Waals surface area contributed by atoms with Gasteiger partial charge >= 0.3 is 0 Å². The summed E-state index contributed by atoms with van der Waals surface area (Å²) in [6.07, 6.45) is 1.67. The molecule has 0 radical (unpaired) electrons. The maximum absolute atomic E-state index is 12.5. The molecule has 144 valence electrons. The van der Waals surface area contributed by atoms with E-state index in [4.69, 9.17) is 4.74 Å². The van der Waals surface area contributed by atoms with Gasteiger partial charge in [0.2, 0.25) is 0 Å². The van der Waals surface area contributed by atoms with Gasteiger partial charge in [0, 0.05) is 23.1 Å². The molecule has 1 fully saturated rings. The highest BCUT2D eigenvalue weighted by Gasteiger charge is 2.34. The van der Waals surface area contributed by atoms with E-state index in [1.807, 2.05) is 18.2 Å². The molecule has 0 atom stereocenters. The summed E-state index contributed by atoms with van der Waals surface area (Å²) >= 11 is 4.21. The maximum Gasteiger partial charge on any atom is 0.293 e. The summed E-state index contributed by atoms with van der Waals surface area (Å²) in [6.45, 7) is 0.295. The van der Waals surface area contributed by atoms with Crippen molar-refractivity contribution in [1.29, 1.82) is 0 Å². The normalized spacial score (nSPS) is 15.2. The number of hydrogen-bond donors (Lipinski definition) is 1. The highest BCUT2D eigenvalue weighted by atomic mass is 79.9. The third-order valence-electron chi connectivity index (χ3n) is 3.99. The lowest BCUT2D eigenvalue weighted by atomic mass is 10.2. The third-order valence-corrected chi connectivity index (χ3v) is 5.40. The van der Waals surface area contributed by atoms with Crippen LogP contribution in [0.4, 0.5) is 4.79 Å². The molecule has 1 heterocycles. The fraction of sp³-hybridized carbons (Fsp3) is 0.150. The van der Waals surface area contributed by atoms with E-state index in [0.717, 1.165) is 26.7 Å². The van der Waals surface area contributed by atoms with Gasteiger partial charge in [0.05, 0.1) is 12.0 Å². The Morgan fingerprint density at radius 3 is 2.64 bits per heavy atom. The van der Waals surface area contributed by atoms with Gasteiger partial charge in [0.1, 0.15) is 5.75 Å². The van der Waals surface area contributed by atoms with Gasteiger partial charge < -0.3 is 10.1 Å². The second-order valence-electron chi connectivity index (χ2n) is 5.87. The number of methoxy groups -OCH3 is 1. The number of amides is 3. The predicted molar refractivity (Wildman–Crippen MR) is 112 cm³/mol. The average molecular weight is 461 g/mol. The quantitative estimate of drug-likeness (QED) is 0.660. The van der Waals surface area contributed by atoms with Gasteiger partial charge in [-0.15, -0.1) is 0 Å². The maximum atomic E-state index is 12.5. The van der Waals surface area contributed by atoms with Crippen LogP contribution in [0.15, 0.2) is 57.9 Å². The zero-order chi connectivity index (χ0) is 20.1. The summed E-state index contributed by atoms with van der Waals surface area (Å²) in [5.41, 5.74) is 1.30. The Bertz CT molecular complexity index is 943. The first-order valence-electron chi connectivity index (χ1n) is 8.41. The average Bonchev–Trinajstić information content (AvgIpc) is 2.95. The first kappa shape index (κ1) is 20.2. The molecule has 2 aromatic carbocycles. The predicted octanol–water partition coefficient (Wildman–Crippen LogP) is 3.92. The Morgan fingerprint density at radius 1 is 1.21 bits per heavy atom. The second kappa shape index (κ2) is 9.07. The van der Waals surface area contributed by atoms with Gasteiger partial charge in [-0.2, -0.15) is 0 Å². The lowest BCUT2D eigenvalue weighted by Crippen LogP contribution is -2.37. The number of hydrogen-bond acceptors (Lipinski definition) is 5. The molecule has 0 saturated carbocycles. The summed E-state index contributed by atoms with van der Waals surface area (Å²) < 4.78 is 5.90. The second-order valence-corrected chi connectivity index (χ2v) is 7.78. The van der Waals surface area contributed by atoms with Crippen LogP contribution >= 0.6 is 27.7 Å². The van der Waals surface area contributed by atoms with Crippen LogP contribution in [0, 0.1) is 0 Å². The van der Waals surface area contributed by atoms with Crippen molar-refractivity contribution in [2.75, 3.05) is 20.2 Å². The van der Waals surface area contributed by atoms with Gasteiger partial charge in [0.15, 0.2) is 0 Å². The highest BCUT2D eigenvalue weighted by Crippen LogP contribution is 2.32. The van der Waals surface area contributed by atoms with Crippen LogP contribution in [0.3, 0.4) is 0 Å². The first-order chi connectivity index (χ1) is 13.5. The summed E-state index contributed by atoms with van der Waals surface area (Å²) in [6, 6.07) is 14.2. The van der Waals surface area contributed by atoms with Crippen molar-refractivity contribution in [2.24, 2.45) is 0 Å². The Kier molecular flexibility index (Phi) is 6.53. The molecule has 28 heavy (non-hydrogen) atoms. The number of halogens is 1. The lowest BCUT2D eigenvalue weighted by Gasteiger charge is -2.13. The van der Waals surface area contributed by atoms with Crippen molar-refractivity contribution < 1.29 is 19.1 Å². The molecule has 8 heteroatoms. The van der Waals surface area contributed by atoms with E-state index < -0.39 is 0 Å². The topological polar surface area (TPSA) is 75.7 Å². The molecular weight excluding hydrogens is 444 g/mol. The first-order valence-corrected chi connectivity index (χ1v) is 10.0. The Labute approximate surface area is 175 Å². The molecule has 3 amide bonds. The smallest absolute Gasteiger partial charge is 0.293 e. The minimum Gasteiger partial charge on any atom is -0.497 e. The number of nitrogens with zero attached hydrogens (tertiary/aromatic N) is 1.